The minimum Gasteiger partial charge on any atom is -0.352 e. The van der Waals surface area contributed by atoms with Gasteiger partial charge in [-0.2, -0.15) is 0 Å². The summed E-state index contributed by atoms with van der Waals surface area (Å²) >= 11 is 6.50. The van der Waals surface area contributed by atoms with Crippen LogP contribution in [0.25, 0.3) is 32.9 Å². The third-order valence-electron chi connectivity index (χ3n) is 7.94. The maximum absolute atomic E-state index is 13.0. The summed E-state index contributed by atoms with van der Waals surface area (Å²) < 4.78 is 1.96. The Balaban J connectivity index is 1.33. The molecule has 0 unspecified atom stereocenters. The molecule has 0 atom stereocenters. The zero-order valence-electron chi connectivity index (χ0n) is 22.0. The number of imide groups is 1. The second kappa shape index (κ2) is 10.1. The van der Waals surface area contributed by atoms with Gasteiger partial charge in [-0.25, -0.2) is 0 Å². The fourth-order valence-corrected chi connectivity index (χ4v) is 6.00. The molecule has 1 fully saturated rings. The number of piperazine rings is 1. The normalized spacial score (nSPS) is 16.2. The highest BCUT2D eigenvalue weighted by Gasteiger charge is 2.34. The van der Waals surface area contributed by atoms with Crippen molar-refractivity contribution in [2.75, 3.05) is 46.3 Å². The van der Waals surface area contributed by atoms with E-state index in [1.54, 1.807) is 12.1 Å². The number of aromatic nitrogens is 1. The molecule has 39 heavy (non-hydrogen) atoms. The smallest absolute Gasteiger partial charge is 0.259 e. The second-order valence-corrected chi connectivity index (χ2v) is 10.8. The van der Waals surface area contributed by atoms with Gasteiger partial charge >= 0.3 is 0 Å². The molecule has 9 heteroatoms. The molecule has 3 amide bonds. The first-order valence-corrected chi connectivity index (χ1v) is 13.6. The molecular formula is C30H30ClN5O3. The Hall–Kier alpha value is -3.72. The summed E-state index contributed by atoms with van der Waals surface area (Å²) in [7, 11) is 4.05. The molecule has 0 aliphatic carbocycles. The largest absolute Gasteiger partial charge is 0.352 e. The summed E-state index contributed by atoms with van der Waals surface area (Å²) in [5, 5.41) is 7.51. The monoisotopic (exact) mass is 543 g/mol. The fraction of sp³-hybridized carbons (Fsp3) is 0.300. The number of carbonyl (C=O) groups excluding carboxylic acids is 3. The van der Waals surface area contributed by atoms with Crippen molar-refractivity contribution in [2.45, 2.75) is 6.42 Å². The standard InChI is InChI=1S/C30H30ClN5O3/c1-34-12-14-36(15-13-34)11-5-10-32-28(37)18-8-9-20-23(16-18)35(2)24-17-21(19-6-3-4-7-22(19)31)26-27(25(20)24)30(39)33-29(26)38/h3-4,6-9,16-17H,5,10-15H2,1-2H3,(H,32,37)(H,33,38,39). The first-order valence-electron chi connectivity index (χ1n) is 13.2. The number of nitrogens with one attached hydrogen (secondary N) is 2. The topological polar surface area (TPSA) is 86.7 Å². The molecule has 0 bridgehead atoms. The molecule has 0 saturated carbocycles. The average molecular weight is 544 g/mol. The van der Waals surface area contributed by atoms with Crippen molar-refractivity contribution in [1.82, 2.24) is 25.0 Å². The number of halogens is 1. The molecule has 2 aliphatic rings. The SMILES string of the molecule is CN1CCN(CCCNC(=O)c2ccc3c4c5c(c(-c6ccccc6Cl)cc4n(C)c3c2)C(=O)NC5=O)CC1. The predicted molar refractivity (Wildman–Crippen MR) is 154 cm³/mol. The van der Waals surface area contributed by atoms with Gasteiger partial charge < -0.3 is 19.7 Å². The lowest BCUT2D eigenvalue weighted by Gasteiger charge is -2.32. The number of hydrogen-bond donors (Lipinski definition) is 2. The van der Waals surface area contributed by atoms with Crippen molar-refractivity contribution in [2.24, 2.45) is 7.05 Å². The van der Waals surface area contributed by atoms with Gasteiger partial charge in [-0.05, 0) is 49.8 Å². The van der Waals surface area contributed by atoms with Crippen LogP contribution in [0.5, 0.6) is 0 Å². The number of carbonyl (C=O) groups is 3. The van der Waals surface area contributed by atoms with Gasteiger partial charge in [-0.15, -0.1) is 0 Å². The number of aryl methyl sites for hydroxylation is 1. The van der Waals surface area contributed by atoms with E-state index in [9.17, 15) is 14.4 Å². The van der Waals surface area contributed by atoms with Gasteiger partial charge in [-0.3, -0.25) is 19.7 Å². The van der Waals surface area contributed by atoms with Crippen LogP contribution in [0.15, 0.2) is 48.5 Å². The Morgan fingerprint density at radius 1 is 0.923 bits per heavy atom. The third-order valence-corrected chi connectivity index (χ3v) is 8.27. The summed E-state index contributed by atoms with van der Waals surface area (Å²) in [6, 6.07) is 14.7. The molecule has 0 spiro atoms. The molecule has 6 rings (SSSR count). The Morgan fingerprint density at radius 2 is 1.67 bits per heavy atom. The van der Waals surface area contributed by atoms with Crippen LogP contribution in [0.1, 0.15) is 37.5 Å². The molecule has 2 N–H and O–H groups in total. The average Bonchev–Trinajstić information content (AvgIpc) is 3.39. The van der Waals surface area contributed by atoms with Crippen molar-refractivity contribution in [1.29, 1.82) is 0 Å². The minimum absolute atomic E-state index is 0.129. The van der Waals surface area contributed by atoms with Crippen molar-refractivity contribution >= 4 is 51.1 Å². The Kier molecular flexibility index (Phi) is 6.62. The minimum atomic E-state index is -0.434. The van der Waals surface area contributed by atoms with E-state index >= 15 is 0 Å². The van der Waals surface area contributed by atoms with Crippen LogP contribution in [0.3, 0.4) is 0 Å². The van der Waals surface area contributed by atoms with Crippen LogP contribution in [0, 0.1) is 0 Å². The molecule has 1 saturated heterocycles. The number of amides is 3. The molecule has 3 aromatic carbocycles. The molecule has 200 valence electrons. The van der Waals surface area contributed by atoms with Crippen molar-refractivity contribution < 1.29 is 14.4 Å². The molecular weight excluding hydrogens is 514 g/mol. The van der Waals surface area contributed by atoms with E-state index in [-0.39, 0.29) is 5.91 Å². The Labute approximate surface area is 231 Å². The van der Waals surface area contributed by atoms with E-state index in [0.717, 1.165) is 55.6 Å². The lowest BCUT2D eigenvalue weighted by Crippen LogP contribution is -2.45. The van der Waals surface area contributed by atoms with E-state index in [2.05, 4.69) is 27.5 Å². The first kappa shape index (κ1) is 25.6. The van der Waals surface area contributed by atoms with E-state index < -0.39 is 11.8 Å². The number of fused-ring (bicyclic) bond motifs is 5. The lowest BCUT2D eigenvalue weighted by atomic mass is 9.93. The van der Waals surface area contributed by atoms with E-state index in [1.165, 1.54) is 0 Å². The number of benzene rings is 3. The zero-order chi connectivity index (χ0) is 27.3. The zero-order valence-corrected chi connectivity index (χ0v) is 22.8. The van der Waals surface area contributed by atoms with Crippen LogP contribution in [0.4, 0.5) is 0 Å². The highest BCUT2D eigenvalue weighted by atomic mass is 35.5. The van der Waals surface area contributed by atoms with Gasteiger partial charge in [0, 0.05) is 72.2 Å². The quantitative estimate of drug-likeness (QED) is 0.284. The van der Waals surface area contributed by atoms with Gasteiger partial charge in [0.25, 0.3) is 17.7 Å². The maximum atomic E-state index is 13.0. The number of nitrogens with zero attached hydrogens (tertiary/aromatic N) is 3. The predicted octanol–water partition coefficient (Wildman–Crippen LogP) is 3.90. The van der Waals surface area contributed by atoms with Gasteiger partial charge in [0.15, 0.2) is 0 Å². The van der Waals surface area contributed by atoms with Crippen LogP contribution in [0.2, 0.25) is 5.02 Å². The Bertz CT molecular complexity index is 1650. The molecule has 2 aliphatic heterocycles. The molecule has 8 nitrogen and oxygen atoms in total. The van der Waals surface area contributed by atoms with Crippen LogP contribution < -0.4 is 10.6 Å². The number of rotatable bonds is 6. The number of hydrogen-bond acceptors (Lipinski definition) is 5. The fourth-order valence-electron chi connectivity index (χ4n) is 5.76. The summed E-state index contributed by atoms with van der Waals surface area (Å²) in [5.74, 6) is -0.990. The second-order valence-electron chi connectivity index (χ2n) is 10.4. The van der Waals surface area contributed by atoms with Crippen LogP contribution in [-0.4, -0.2) is 78.4 Å². The molecule has 3 heterocycles. The van der Waals surface area contributed by atoms with Crippen LogP contribution in [-0.2, 0) is 7.05 Å². The summed E-state index contributed by atoms with van der Waals surface area (Å²) in [6.07, 6.45) is 0.895. The van der Waals surface area contributed by atoms with Crippen LogP contribution >= 0.6 is 11.6 Å². The van der Waals surface area contributed by atoms with E-state index in [1.807, 2.05) is 48.0 Å². The number of likely N-dealkylation sites (N-methyl/N-ethyl adjacent to an activating group) is 1. The van der Waals surface area contributed by atoms with Crippen molar-refractivity contribution in [3.8, 4) is 11.1 Å². The molecule has 1 aromatic heterocycles. The first-order chi connectivity index (χ1) is 18.8. The van der Waals surface area contributed by atoms with Gasteiger partial charge in [-0.1, -0.05) is 35.9 Å². The van der Waals surface area contributed by atoms with E-state index in [0.29, 0.717) is 44.8 Å². The highest BCUT2D eigenvalue weighted by Crippen LogP contribution is 2.41. The van der Waals surface area contributed by atoms with Crippen molar-refractivity contribution in [3.05, 3.63) is 70.2 Å². The molecule has 0 radical (unpaired) electrons. The summed E-state index contributed by atoms with van der Waals surface area (Å²) in [6.45, 7) is 5.86. The molecule has 4 aromatic rings. The highest BCUT2D eigenvalue weighted by molar-refractivity contribution is 6.36. The van der Waals surface area contributed by atoms with Gasteiger partial charge in [0.1, 0.15) is 0 Å². The Morgan fingerprint density at radius 3 is 2.44 bits per heavy atom. The summed E-state index contributed by atoms with van der Waals surface area (Å²) in [5.41, 5.74) is 4.11. The van der Waals surface area contributed by atoms with Gasteiger partial charge in [0.2, 0.25) is 0 Å². The summed E-state index contributed by atoms with van der Waals surface area (Å²) in [4.78, 5) is 43.7. The third kappa shape index (κ3) is 4.48. The maximum Gasteiger partial charge on any atom is 0.259 e. The lowest BCUT2D eigenvalue weighted by molar-refractivity contribution is 0.0878. The van der Waals surface area contributed by atoms with Gasteiger partial charge in [0.05, 0.1) is 16.6 Å². The van der Waals surface area contributed by atoms with E-state index in [4.69, 9.17) is 11.6 Å². The van der Waals surface area contributed by atoms with Crippen molar-refractivity contribution in [3.63, 3.8) is 0 Å².